The SMILES string of the molecule is COC[C@@H]1CCCN(C(=O)Nc2ccc(OC(F)F)c(F)c2)C1. The van der Waals surface area contributed by atoms with E-state index in [1.807, 2.05) is 0 Å². The number of piperidine rings is 1. The Balaban J connectivity index is 1.95. The number of carbonyl (C=O) groups is 1. The maximum atomic E-state index is 13.6. The number of alkyl halides is 2. The number of anilines is 1. The highest BCUT2D eigenvalue weighted by Gasteiger charge is 2.23. The zero-order valence-corrected chi connectivity index (χ0v) is 12.7. The smallest absolute Gasteiger partial charge is 0.387 e. The van der Waals surface area contributed by atoms with Gasteiger partial charge in [-0.05, 0) is 25.0 Å². The van der Waals surface area contributed by atoms with Crippen molar-refractivity contribution in [1.82, 2.24) is 4.90 Å². The first kappa shape index (κ1) is 17.4. The van der Waals surface area contributed by atoms with Crippen molar-refractivity contribution in [2.45, 2.75) is 19.5 Å². The molecule has 1 aromatic carbocycles. The summed E-state index contributed by atoms with van der Waals surface area (Å²) in [7, 11) is 1.62. The fourth-order valence-electron chi connectivity index (χ4n) is 2.59. The molecule has 128 valence electrons. The molecule has 8 heteroatoms. The zero-order chi connectivity index (χ0) is 16.8. The minimum Gasteiger partial charge on any atom is -0.432 e. The number of amides is 2. The monoisotopic (exact) mass is 332 g/mol. The fraction of sp³-hybridized carbons (Fsp3) is 0.533. The van der Waals surface area contributed by atoms with E-state index in [-0.39, 0.29) is 17.6 Å². The first-order valence-corrected chi connectivity index (χ1v) is 7.29. The maximum Gasteiger partial charge on any atom is 0.387 e. The van der Waals surface area contributed by atoms with Crippen LogP contribution in [0, 0.1) is 11.7 Å². The molecule has 0 bridgehead atoms. The van der Waals surface area contributed by atoms with Crippen LogP contribution in [0.3, 0.4) is 0 Å². The Morgan fingerprint density at radius 2 is 2.26 bits per heavy atom. The molecule has 1 aromatic rings. The average Bonchev–Trinajstić information content (AvgIpc) is 2.50. The van der Waals surface area contributed by atoms with Crippen LogP contribution < -0.4 is 10.1 Å². The Morgan fingerprint density at radius 1 is 1.48 bits per heavy atom. The molecule has 1 saturated heterocycles. The summed E-state index contributed by atoms with van der Waals surface area (Å²) >= 11 is 0. The number of methoxy groups -OCH3 is 1. The van der Waals surface area contributed by atoms with Crippen molar-refractivity contribution in [3.63, 3.8) is 0 Å². The van der Waals surface area contributed by atoms with Crippen LogP contribution in [-0.4, -0.2) is 44.3 Å². The molecule has 0 aromatic heterocycles. The van der Waals surface area contributed by atoms with E-state index in [0.29, 0.717) is 19.7 Å². The second-order valence-electron chi connectivity index (χ2n) is 5.36. The Labute approximate surface area is 132 Å². The van der Waals surface area contributed by atoms with Gasteiger partial charge < -0.3 is 19.7 Å². The molecule has 23 heavy (non-hydrogen) atoms. The van der Waals surface area contributed by atoms with Gasteiger partial charge in [0.15, 0.2) is 11.6 Å². The van der Waals surface area contributed by atoms with Gasteiger partial charge in [0.2, 0.25) is 0 Å². The molecule has 1 aliphatic rings. The molecule has 1 N–H and O–H groups in total. The van der Waals surface area contributed by atoms with Gasteiger partial charge >= 0.3 is 12.6 Å². The van der Waals surface area contributed by atoms with Crippen LogP contribution in [0.25, 0.3) is 0 Å². The molecule has 0 unspecified atom stereocenters. The van der Waals surface area contributed by atoms with Crippen molar-refractivity contribution in [3.05, 3.63) is 24.0 Å². The molecule has 0 radical (unpaired) electrons. The van der Waals surface area contributed by atoms with Crippen molar-refractivity contribution in [1.29, 1.82) is 0 Å². The number of hydrogen-bond acceptors (Lipinski definition) is 3. The highest BCUT2D eigenvalue weighted by Crippen LogP contribution is 2.24. The lowest BCUT2D eigenvalue weighted by Crippen LogP contribution is -2.43. The lowest BCUT2D eigenvalue weighted by atomic mass is 9.99. The number of rotatable bonds is 5. The van der Waals surface area contributed by atoms with Gasteiger partial charge in [-0.25, -0.2) is 9.18 Å². The van der Waals surface area contributed by atoms with Crippen LogP contribution in [0.15, 0.2) is 18.2 Å². The summed E-state index contributed by atoms with van der Waals surface area (Å²) in [5, 5.41) is 2.56. The Morgan fingerprint density at radius 3 is 2.91 bits per heavy atom. The van der Waals surface area contributed by atoms with Gasteiger partial charge in [0.25, 0.3) is 0 Å². The molecule has 5 nitrogen and oxygen atoms in total. The molecule has 0 saturated carbocycles. The molecule has 2 amide bonds. The quantitative estimate of drug-likeness (QED) is 0.900. The van der Waals surface area contributed by atoms with Crippen LogP contribution in [0.1, 0.15) is 12.8 Å². The minimum absolute atomic E-state index is 0.183. The zero-order valence-electron chi connectivity index (χ0n) is 12.7. The third kappa shape index (κ3) is 5.02. The summed E-state index contributed by atoms with van der Waals surface area (Å²) in [5.41, 5.74) is 0.183. The predicted molar refractivity (Wildman–Crippen MR) is 78.2 cm³/mol. The van der Waals surface area contributed by atoms with E-state index < -0.39 is 18.2 Å². The minimum atomic E-state index is -3.10. The van der Waals surface area contributed by atoms with Crippen molar-refractivity contribution >= 4 is 11.7 Å². The molecule has 2 rings (SSSR count). The van der Waals surface area contributed by atoms with E-state index in [1.54, 1.807) is 12.0 Å². The summed E-state index contributed by atoms with van der Waals surface area (Å²) in [6.45, 7) is -1.34. The number of halogens is 3. The van der Waals surface area contributed by atoms with Crippen LogP contribution in [0.4, 0.5) is 23.7 Å². The third-order valence-corrected chi connectivity index (χ3v) is 3.61. The number of benzene rings is 1. The van der Waals surface area contributed by atoms with Gasteiger partial charge in [0, 0.05) is 37.9 Å². The number of ether oxygens (including phenoxy) is 2. The Hall–Kier alpha value is -1.96. The molecular formula is C15H19F3N2O3. The van der Waals surface area contributed by atoms with Gasteiger partial charge in [-0.15, -0.1) is 0 Å². The third-order valence-electron chi connectivity index (χ3n) is 3.61. The number of likely N-dealkylation sites (tertiary alicyclic amines) is 1. The lowest BCUT2D eigenvalue weighted by molar-refractivity contribution is -0.0521. The molecular weight excluding hydrogens is 313 g/mol. The largest absolute Gasteiger partial charge is 0.432 e. The van der Waals surface area contributed by atoms with Crippen molar-refractivity contribution in [3.8, 4) is 5.75 Å². The first-order chi connectivity index (χ1) is 11.0. The van der Waals surface area contributed by atoms with Gasteiger partial charge in [-0.3, -0.25) is 0 Å². The van der Waals surface area contributed by atoms with Crippen molar-refractivity contribution in [2.75, 3.05) is 32.1 Å². The number of urea groups is 1. The van der Waals surface area contributed by atoms with Crippen LogP contribution in [0.2, 0.25) is 0 Å². The lowest BCUT2D eigenvalue weighted by Gasteiger charge is -2.32. The Kier molecular flexibility index (Phi) is 6.09. The standard InChI is InChI=1S/C15H19F3N2O3/c1-22-9-10-3-2-6-20(8-10)15(21)19-11-4-5-13(12(16)7-11)23-14(17)18/h4-5,7,10,14H,2-3,6,8-9H2,1H3,(H,19,21)/t10-/m1/s1. The van der Waals surface area contributed by atoms with Gasteiger partial charge in [0.05, 0.1) is 6.61 Å². The molecule has 0 aliphatic carbocycles. The normalized spacial score (nSPS) is 18.1. The van der Waals surface area contributed by atoms with Crippen molar-refractivity contribution in [2.24, 2.45) is 5.92 Å². The topological polar surface area (TPSA) is 50.8 Å². The predicted octanol–water partition coefficient (Wildman–Crippen LogP) is 3.32. The van der Waals surface area contributed by atoms with E-state index in [4.69, 9.17) is 4.74 Å². The van der Waals surface area contributed by atoms with E-state index in [9.17, 15) is 18.0 Å². The highest BCUT2D eigenvalue weighted by atomic mass is 19.3. The molecule has 1 atom stereocenters. The maximum absolute atomic E-state index is 13.6. The summed E-state index contributed by atoms with van der Waals surface area (Å²) in [6, 6.07) is 2.97. The number of nitrogens with zero attached hydrogens (tertiary/aromatic N) is 1. The van der Waals surface area contributed by atoms with Gasteiger partial charge in [-0.1, -0.05) is 0 Å². The van der Waals surface area contributed by atoms with Gasteiger partial charge in [-0.2, -0.15) is 8.78 Å². The molecule has 0 spiro atoms. The molecule has 1 heterocycles. The van der Waals surface area contributed by atoms with Crippen LogP contribution in [-0.2, 0) is 4.74 Å². The van der Waals surface area contributed by atoms with Crippen LogP contribution >= 0.6 is 0 Å². The summed E-state index contributed by atoms with van der Waals surface area (Å²) < 4.78 is 46.9. The van der Waals surface area contributed by atoms with E-state index >= 15 is 0 Å². The second kappa shape index (κ2) is 8.05. The van der Waals surface area contributed by atoms with E-state index in [0.717, 1.165) is 25.0 Å². The number of hydrogen-bond donors (Lipinski definition) is 1. The second-order valence-corrected chi connectivity index (χ2v) is 5.36. The van der Waals surface area contributed by atoms with E-state index in [2.05, 4.69) is 10.1 Å². The number of carbonyl (C=O) groups excluding carboxylic acids is 1. The van der Waals surface area contributed by atoms with Crippen LogP contribution in [0.5, 0.6) is 5.75 Å². The molecule has 1 aliphatic heterocycles. The summed E-state index contributed by atoms with van der Waals surface area (Å²) in [5.74, 6) is -1.24. The van der Waals surface area contributed by atoms with Gasteiger partial charge in [0.1, 0.15) is 0 Å². The van der Waals surface area contributed by atoms with Crippen molar-refractivity contribution < 1.29 is 27.4 Å². The number of nitrogens with one attached hydrogen (secondary N) is 1. The average molecular weight is 332 g/mol. The summed E-state index contributed by atoms with van der Waals surface area (Å²) in [4.78, 5) is 13.8. The Bertz CT molecular complexity index is 541. The first-order valence-electron chi connectivity index (χ1n) is 7.29. The fourth-order valence-corrected chi connectivity index (χ4v) is 2.59. The summed E-state index contributed by atoms with van der Waals surface area (Å²) in [6.07, 6.45) is 1.86. The highest BCUT2D eigenvalue weighted by molar-refractivity contribution is 5.89. The molecule has 1 fully saturated rings. The van der Waals surface area contributed by atoms with E-state index in [1.165, 1.54) is 6.07 Å².